The Balaban J connectivity index is 2.38. The number of nitrogens with one attached hydrogen (secondary N) is 1. The third-order valence-electron chi connectivity index (χ3n) is 7.43. The molecule has 33 heavy (non-hydrogen) atoms. The van der Waals surface area contributed by atoms with Crippen LogP contribution in [0.5, 0.6) is 0 Å². The Kier molecular flexibility index (Phi) is 8.10. The number of aromatic amines is 1. The molecule has 1 saturated heterocycles. The van der Waals surface area contributed by atoms with Crippen molar-refractivity contribution in [2.24, 2.45) is 0 Å². The summed E-state index contributed by atoms with van der Waals surface area (Å²) in [4.78, 5) is 26.0. The highest BCUT2D eigenvalue weighted by Gasteiger charge is 2.52. The van der Waals surface area contributed by atoms with Crippen LogP contribution in [0.2, 0.25) is 36.3 Å². The fourth-order valence-corrected chi connectivity index (χ4v) is 5.32. The summed E-state index contributed by atoms with van der Waals surface area (Å²) in [6, 6.07) is 0.398. The van der Waals surface area contributed by atoms with Crippen LogP contribution >= 0.6 is 0 Å². The number of H-pyrrole nitrogens is 1. The average molecular weight is 504 g/mol. The third kappa shape index (κ3) is 6.12. The number of aromatic nitrogens is 2. The van der Waals surface area contributed by atoms with Gasteiger partial charge in [0.2, 0.25) is 8.32 Å². The molecule has 0 bridgehead atoms. The lowest BCUT2D eigenvalue weighted by Gasteiger charge is -2.42. The number of hydrogen-bond acceptors (Lipinski definition) is 6. The molecule has 2 rings (SSSR count). The Bertz CT molecular complexity index is 935. The standard InChI is InChI=1S/C22H42FN3O5Si2/c1-21(2,3)32(8,9)29-14-15-18(25(7)31-33(10,11)22(4,5)6)17(23)19(30-15)26-13-12-16(27)24-20(26)28/h12-13,15,17-19H,14H2,1-11H3,(H,24,27,28)/t15-,17+,18-,19?/m1/s1. The molecule has 11 heteroatoms. The van der Waals surface area contributed by atoms with Gasteiger partial charge < -0.3 is 13.7 Å². The van der Waals surface area contributed by atoms with Gasteiger partial charge in [0.15, 0.2) is 20.7 Å². The number of hydrogen-bond donors (Lipinski definition) is 1. The quantitative estimate of drug-likeness (QED) is 0.447. The predicted octanol–water partition coefficient (Wildman–Crippen LogP) is 4.03. The molecule has 0 spiro atoms. The van der Waals surface area contributed by atoms with E-state index >= 15 is 4.39 Å². The van der Waals surface area contributed by atoms with Crippen LogP contribution in [0.3, 0.4) is 0 Å². The lowest BCUT2D eigenvalue weighted by atomic mass is 10.1. The smallest absolute Gasteiger partial charge is 0.330 e. The summed E-state index contributed by atoms with van der Waals surface area (Å²) >= 11 is 0. The van der Waals surface area contributed by atoms with E-state index < -0.39 is 52.4 Å². The van der Waals surface area contributed by atoms with E-state index in [1.54, 1.807) is 12.1 Å². The van der Waals surface area contributed by atoms with Crippen molar-refractivity contribution in [3.63, 3.8) is 0 Å². The first-order valence-corrected chi connectivity index (χ1v) is 17.3. The lowest BCUT2D eigenvalue weighted by molar-refractivity contribution is -0.119. The molecule has 8 nitrogen and oxygen atoms in total. The minimum absolute atomic E-state index is 0.0188. The van der Waals surface area contributed by atoms with Gasteiger partial charge in [0, 0.05) is 19.3 Å². The van der Waals surface area contributed by atoms with Gasteiger partial charge in [-0.05, 0) is 36.3 Å². The number of likely N-dealkylation sites (N-methyl/N-ethyl adjacent to an activating group) is 1. The molecule has 0 aromatic carbocycles. The van der Waals surface area contributed by atoms with Gasteiger partial charge in [0.25, 0.3) is 5.56 Å². The van der Waals surface area contributed by atoms with Crippen molar-refractivity contribution in [3.05, 3.63) is 33.1 Å². The van der Waals surface area contributed by atoms with E-state index in [0.29, 0.717) is 0 Å². The molecule has 1 aliphatic heterocycles. The summed E-state index contributed by atoms with van der Waals surface area (Å²) in [7, 11) is -2.65. The second kappa shape index (κ2) is 9.50. The molecule has 0 aliphatic carbocycles. The normalized spacial score (nSPS) is 25.1. The number of hydroxylamine groups is 2. The number of alkyl halides is 1. The molecule has 2 heterocycles. The van der Waals surface area contributed by atoms with Gasteiger partial charge in [-0.2, -0.15) is 5.06 Å². The first kappa shape index (κ1) is 28.1. The van der Waals surface area contributed by atoms with Gasteiger partial charge in [-0.15, -0.1) is 0 Å². The summed E-state index contributed by atoms with van der Waals surface area (Å²) in [6.07, 6.45) is -2.16. The zero-order valence-corrected chi connectivity index (χ0v) is 24.0. The van der Waals surface area contributed by atoms with Gasteiger partial charge in [-0.3, -0.25) is 14.3 Å². The van der Waals surface area contributed by atoms with Gasteiger partial charge in [-0.1, -0.05) is 41.5 Å². The summed E-state index contributed by atoms with van der Waals surface area (Å²) in [5.74, 6) is 0. The SMILES string of the molecule is CN(O[Si](C)(C)C(C)(C)C)[C@H]1[C@H](F)C(n2ccc(=O)[nH]c2=O)O[C@@H]1CO[Si](C)(C)C(C)(C)C. The maximum absolute atomic E-state index is 15.9. The highest BCUT2D eigenvalue weighted by molar-refractivity contribution is 6.74. The minimum Gasteiger partial charge on any atom is -0.414 e. The van der Waals surface area contributed by atoms with Gasteiger partial charge in [0.1, 0.15) is 6.10 Å². The van der Waals surface area contributed by atoms with Crippen LogP contribution < -0.4 is 11.2 Å². The number of rotatable bonds is 7. The van der Waals surface area contributed by atoms with E-state index in [-0.39, 0.29) is 16.7 Å². The van der Waals surface area contributed by atoms with Gasteiger partial charge >= 0.3 is 5.69 Å². The van der Waals surface area contributed by atoms with Crippen LogP contribution in [0, 0.1) is 0 Å². The van der Waals surface area contributed by atoms with Gasteiger partial charge in [-0.25, -0.2) is 9.18 Å². The number of nitrogens with zero attached hydrogens (tertiary/aromatic N) is 2. The Morgan fingerprint density at radius 1 is 1.09 bits per heavy atom. The molecule has 0 radical (unpaired) electrons. The fraction of sp³-hybridized carbons (Fsp3) is 0.818. The molecule has 190 valence electrons. The Morgan fingerprint density at radius 2 is 1.64 bits per heavy atom. The van der Waals surface area contributed by atoms with Crippen molar-refractivity contribution in [2.45, 2.75) is 102 Å². The highest BCUT2D eigenvalue weighted by atomic mass is 28.4. The molecule has 1 aromatic rings. The molecule has 4 atom stereocenters. The van der Waals surface area contributed by atoms with E-state index in [9.17, 15) is 9.59 Å². The Hall–Kier alpha value is -1.12. The van der Waals surface area contributed by atoms with Crippen molar-refractivity contribution < 1.29 is 18.1 Å². The summed E-state index contributed by atoms with van der Waals surface area (Å²) in [5, 5.41) is 1.47. The Labute approximate surface area is 198 Å². The first-order valence-electron chi connectivity index (χ1n) is 11.5. The summed E-state index contributed by atoms with van der Waals surface area (Å²) < 4.78 is 35.8. The fourth-order valence-electron chi connectivity index (χ4n) is 3.19. The third-order valence-corrected chi connectivity index (χ3v) is 16.3. The molecule has 0 saturated carbocycles. The maximum atomic E-state index is 15.9. The zero-order chi connectivity index (χ0) is 25.6. The first-order chi connectivity index (χ1) is 14.8. The number of halogens is 1. The molecule has 1 N–H and O–H groups in total. The average Bonchev–Trinajstić information content (AvgIpc) is 2.94. The van der Waals surface area contributed by atoms with Crippen LogP contribution in [0.1, 0.15) is 47.8 Å². The molecular weight excluding hydrogens is 461 g/mol. The second-order valence-electron chi connectivity index (χ2n) is 12.0. The molecule has 1 unspecified atom stereocenters. The molecule has 1 aliphatic rings. The van der Waals surface area contributed by atoms with Crippen LogP contribution in [-0.4, -0.2) is 63.2 Å². The molecular formula is C22H42FN3O5Si2. The maximum Gasteiger partial charge on any atom is 0.330 e. The summed E-state index contributed by atoms with van der Waals surface area (Å²) in [6.45, 7) is 21.4. The van der Waals surface area contributed by atoms with Crippen molar-refractivity contribution in [3.8, 4) is 0 Å². The monoisotopic (exact) mass is 503 g/mol. The van der Waals surface area contributed by atoms with Crippen LogP contribution in [0.25, 0.3) is 0 Å². The zero-order valence-electron chi connectivity index (χ0n) is 22.0. The van der Waals surface area contributed by atoms with E-state index in [0.717, 1.165) is 4.57 Å². The molecule has 0 amide bonds. The van der Waals surface area contributed by atoms with Crippen molar-refractivity contribution >= 4 is 16.6 Å². The summed E-state index contributed by atoms with van der Waals surface area (Å²) in [5.41, 5.74) is -1.26. The molecule has 1 aromatic heterocycles. The largest absolute Gasteiger partial charge is 0.414 e. The van der Waals surface area contributed by atoms with Crippen molar-refractivity contribution in [2.75, 3.05) is 13.7 Å². The van der Waals surface area contributed by atoms with Crippen LogP contribution in [0.4, 0.5) is 4.39 Å². The van der Waals surface area contributed by atoms with Crippen molar-refractivity contribution in [1.29, 1.82) is 0 Å². The molecule has 1 fully saturated rings. The van der Waals surface area contributed by atoms with Crippen molar-refractivity contribution in [1.82, 2.24) is 14.6 Å². The highest BCUT2D eigenvalue weighted by Crippen LogP contribution is 2.41. The van der Waals surface area contributed by atoms with E-state index in [1.165, 1.54) is 12.3 Å². The minimum atomic E-state index is -2.25. The van der Waals surface area contributed by atoms with E-state index in [4.69, 9.17) is 13.7 Å². The Morgan fingerprint density at radius 3 is 2.12 bits per heavy atom. The lowest BCUT2D eigenvalue weighted by Crippen LogP contribution is -2.54. The van der Waals surface area contributed by atoms with Crippen LogP contribution in [-0.2, 0) is 13.7 Å². The predicted molar refractivity (Wildman–Crippen MR) is 133 cm³/mol. The second-order valence-corrected chi connectivity index (χ2v) is 21.5. The van der Waals surface area contributed by atoms with E-state index in [2.05, 4.69) is 72.7 Å². The van der Waals surface area contributed by atoms with E-state index in [1.807, 2.05) is 0 Å². The van der Waals surface area contributed by atoms with Crippen LogP contribution in [0.15, 0.2) is 21.9 Å². The number of ether oxygens (including phenoxy) is 1. The van der Waals surface area contributed by atoms with Gasteiger partial charge in [0.05, 0.1) is 12.6 Å². The topological polar surface area (TPSA) is 85.8 Å².